The van der Waals surface area contributed by atoms with Crippen LogP contribution in [0.1, 0.15) is 29.6 Å². The van der Waals surface area contributed by atoms with Crippen LogP contribution in [0.25, 0.3) is 0 Å². The van der Waals surface area contributed by atoms with E-state index < -0.39 is 17.5 Å². The van der Waals surface area contributed by atoms with E-state index in [2.05, 4.69) is 10.6 Å². The van der Waals surface area contributed by atoms with Crippen LogP contribution in [-0.4, -0.2) is 32.2 Å². The number of ether oxygens (including phenoxy) is 1. The van der Waals surface area contributed by atoms with Gasteiger partial charge in [0, 0.05) is 26.3 Å². The third kappa shape index (κ3) is 2.75. The minimum absolute atomic E-state index is 0.0374. The van der Waals surface area contributed by atoms with E-state index in [0.717, 1.165) is 31.4 Å². The molecule has 4 nitrogen and oxygen atoms in total. The number of halogens is 2. The molecule has 0 unspecified atom stereocenters. The summed E-state index contributed by atoms with van der Waals surface area (Å²) >= 11 is 0. The summed E-state index contributed by atoms with van der Waals surface area (Å²) in [5.41, 5.74) is -0.601. The van der Waals surface area contributed by atoms with Gasteiger partial charge in [0.1, 0.15) is 17.3 Å². The maximum atomic E-state index is 13.6. The molecule has 1 aromatic rings. The van der Waals surface area contributed by atoms with Crippen LogP contribution in [0, 0.1) is 11.6 Å². The normalized spacial score (nSPS) is 16.4. The Labute approximate surface area is 116 Å². The van der Waals surface area contributed by atoms with E-state index in [9.17, 15) is 13.6 Å². The molecule has 6 heteroatoms. The second kappa shape index (κ2) is 5.75. The first kappa shape index (κ1) is 14.7. The molecule has 0 aliphatic heterocycles. The van der Waals surface area contributed by atoms with Crippen LogP contribution >= 0.6 is 0 Å². The van der Waals surface area contributed by atoms with Crippen molar-refractivity contribution in [3.8, 4) is 0 Å². The van der Waals surface area contributed by atoms with Gasteiger partial charge in [-0.1, -0.05) is 0 Å². The van der Waals surface area contributed by atoms with Gasteiger partial charge in [0.15, 0.2) is 0 Å². The average molecular weight is 284 g/mol. The number of nitrogens with one attached hydrogen (secondary N) is 2. The van der Waals surface area contributed by atoms with E-state index in [1.165, 1.54) is 7.05 Å². The fraction of sp³-hybridized carbons (Fsp3) is 0.500. The molecule has 0 aromatic heterocycles. The summed E-state index contributed by atoms with van der Waals surface area (Å²) in [5, 5.41) is 5.08. The Morgan fingerprint density at radius 3 is 2.35 bits per heavy atom. The highest BCUT2D eigenvalue weighted by Crippen LogP contribution is 2.34. The van der Waals surface area contributed by atoms with Crippen LogP contribution in [0.2, 0.25) is 0 Å². The molecule has 0 atom stereocenters. The summed E-state index contributed by atoms with van der Waals surface area (Å²) in [4.78, 5) is 11.9. The SMILES string of the molecule is CNc1c(F)cc(C(=O)NCC2(OC)CCC2)cc1F. The minimum atomic E-state index is -0.789. The highest BCUT2D eigenvalue weighted by atomic mass is 19.1. The van der Waals surface area contributed by atoms with Gasteiger partial charge in [0.25, 0.3) is 5.91 Å². The lowest BCUT2D eigenvalue weighted by Crippen LogP contribution is -2.49. The van der Waals surface area contributed by atoms with Gasteiger partial charge in [-0.15, -0.1) is 0 Å². The van der Waals surface area contributed by atoms with Crippen molar-refractivity contribution in [3.05, 3.63) is 29.3 Å². The van der Waals surface area contributed by atoms with Crippen LogP contribution in [0.3, 0.4) is 0 Å². The molecule has 1 aromatic carbocycles. The van der Waals surface area contributed by atoms with Crippen molar-refractivity contribution in [1.82, 2.24) is 5.32 Å². The summed E-state index contributed by atoms with van der Waals surface area (Å²) < 4.78 is 32.5. The lowest BCUT2D eigenvalue weighted by molar-refractivity contribution is -0.0679. The number of benzene rings is 1. The number of hydrogen-bond donors (Lipinski definition) is 2. The molecular formula is C14H18F2N2O2. The Morgan fingerprint density at radius 2 is 1.95 bits per heavy atom. The molecule has 0 spiro atoms. The first-order valence-corrected chi connectivity index (χ1v) is 6.51. The van der Waals surface area contributed by atoms with Crippen molar-refractivity contribution < 1.29 is 18.3 Å². The molecular weight excluding hydrogens is 266 g/mol. The maximum Gasteiger partial charge on any atom is 0.251 e. The summed E-state index contributed by atoms with van der Waals surface area (Å²) in [5.74, 6) is -2.08. The van der Waals surface area contributed by atoms with Gasteiger partial charge in [-0.25, -0.2) is 8.78 Å². The number of hydrogen-bond acceptors (Lipinski definition) is 3. The monoisotopic (exact) mass is 284 g/mol. The zero-order valence-electron chi connectivity index (χ0n) is 11.6. The van der Waals surface area contributed by atoms with Gasteiger partial charge in [-0.3, -0.25) is 4.79 Å². The average Bonchev–Trinajstić information content (AvgIpc) is 2.37. The summed E-state index contributed by atoms with van der Waals surface area (Å²) in [6.07, 6.45) is 2.82. The predicted octanol–water partition coefficient (Wildman–Crippen LogP) is 2.31. The number of anilines is 1. The van der Waals surface area contributed by atoms with E-state index in [1.807, 2.05) is 0 Å². The van der Waals surface area contributed by atoms with Gasteiger partial charge in [-0.2, -0.15) is 0 Å². The largest absolute Gasteiger partial charge is 0.383 e. The third-order valence-electron chi connectivity index (χ3n) is 3.82. The molecule has 2 N–H and O–H groups in total. The summed E-state index contributed by atoms with van der Waals surface area (Å²) in [7, 11) is 3.02. The topological polar surface area (TPSA) is 50.4 Å². The standard InChI is InChI=1S/C14H18F2N2O2/c1-17-12-10(15)6-9(7-11(12)16)13(19)18-8-14(20-2)4-3-5-14/h6-7,17H,3-5,8H2,1-2H3,(H,18,19). The van der Waals surface area contributed by atoms with Crippen molar-refractivity contribution in [3.63, 3.8) is 0 Å². The van der Waals surface area contributed by atoms with Gasteiger partial charge in [0.05, 0.1) is 5.60 Å². The van der Waals surface area contributed by atoms with Crippen molar-refractivity contribution in [1.29, 1.82) is 0 Å². The zero-order valence-corrected chi connectivity index (χ0v) is 11.6. The smallest absolute Gasteiger partial charge is 0.251 e. The van der Waals surface area contributed by atoms with E-state index >= 15 is 0 Å². The van der Waals surface area contributed by atoms with Gasteiger partial charge in [-0.05, 0) is 31.4 Å². The molecule has 0 saturated heterocycles. The molecule has 2 rings (SSSR count). The first-order valence-electron chi connectivity index (χ1n) is 6.51. The molecule has 110 valence electrons. The van der Waals surface area contributed by atoms with E-state index in [-0.39, 0.29) is 16.9 Å². The van der Waals surface area contributed by atoms with Crippen LogP contribution in [-0.2, 0) is 4.74 Å². The first-order chi connectivity index (χ1) is 9.51. The van der Waals surface area contributed by atoms with Crippen LogP contribution in [0.4, 0.5) is 14.5 Å². The number of rotatable bonds is 5. The fourth-order valence-electron chi connectivity index (χ4n) is 2.31. The quantitative estimate of drug-likeness (QED) is 0.872. The van der Waals surface area contributed by atoms with Gasteiger partial charge >= 0.3 is 0 Å². The fourth-order valence-corrected chi connectivity index (χ4v) is 2.31. The number of carbonyl (C=O) groups excluding carboxylic acids is 1. The van der Waals surface area contributed by atoms with E-state index in [4.69, 9.17) is 4.74 Å². The Morgan fingerprint density at radius 1 is 1.35 bits per heavy atom. The van der Waals surface area contributed by atoms with Crippen LogP contribution in [0.5, 0.6) is 0 Å². The molecule has 0 heterocycles. The van der Waals surface area contributed by atoms with E-state index in [0.29, 0.717) is 6.54 Å². The number of carbonyl (C=O) groups is 1. The minimum Gasteiger partial charge on any atom is -0.383 e. The van der Waals surface area contributed by atoms with Crippen molar-refractivity contribution >= 4 is 11.6 Å². The molecule has 1 aliphatic rings. The number of methoxy groups -OCH3 is 1. The molecule has 0 radical (unpaired) electrons. The third-order valence-corrected chi connectivity index (χ3v) is 3.82. The summed E-state index contributed by atoms with van der Waals surface area (Å²) in [6.45, 7) is 0.347. The number of amides is 1. The lowest BCUT2D eigenvalue weighted by Gasteiger charge is -2.40. The highest BCUT2D eigenvalue weighted by molar-refractivity contribution is 5.94. The van der Waals surface area contributed by atoms with Gasteiger partial charge < -0.3 is 15.4 Å². The zero-order chi connectivity index (χ0) is 14.8. The van der Waals surface area contributed by atoms with Gasteiger partial charge in [0.2, 0.25) is 0 Å². The van der Waals surface area contributed by atoms with Crippen LogP contribution in [0.15, 0.2) is 12.1 Å². The Hall–Kier alpha value is -1.69. The molecule has 20 heavy (non-hydrogen) atoms. The van der Waals surface area contributed by atoms with Crippen LogP contribution < -0.4 is 10.6 Å². The predicted molar refractivity (Wildman–Crippen MR) is 71.8 cm³/mol. The second-order valence-electron chi connectivity index (χ2n) is 4.99. The molecule has 1 fully saturated rings. The molecule has 1 saturated carbocycles. The Bertz CT molecular complexity index is 487. The van der Waals surface area contributed by atoms with Crippen molar-refractivity contribution in [2.75, 3.05) is 26.0 Å². The molecule has 1 amide bonds. The molecule has 1 aliphatic carbocycles. The summed E-state index contributed by atoms with van der Waals surface area (Å²) in [6, 6.07) is 2.04. The Balaban J connectivity index is 2.06. The Kier molecular flexibility index (Phi) is 4.23. The van der Waals surface area contributed by atoms with Crippen molar-refractivity contribution in [2.24, 2.45) is 0 Å². The lowest BCUT2D eigenvalue weighted by atomic mass is 9.80. The van der Waals surface area contributed by atoms with Crippen molar-refractivity contribution in [2.45, 2.75) is 24.9 Å². The molecule has 0 bridgehead atoms. The highest BCUT2D eigenvalue weighted by Gasteiger charge is 2.37. The van der Waals surface area contributed by atoms with E-state index in [1.54, 1.807) is 7.11 Å². The second-order valence-corrected chi connectivity index (χ2v) is 4.99. The maximum absolute atomic E-state index is 13.6.